The Bertz CT molecular complexity index is 692. The maximum absolute atomic E-state index is 11.8. The van der Waals surface area contributed by atoms with Crippen molar-refractivity contribution in [1.29, 1.82) is 0 Å². The molecule has 5 nitrogen and oxygen atoms in total. The number of amides is 1. The van der Waals surface area contributed by atoms with Gasteiger partial charge in [0.2, 0.25) is 5.91 Å². The van der Waals surface area contributed by atoms with Gasteiger partial charge in [-0.3, -0.25) is 9.69 Å². The van der Waals surface area contributed by atoms with Crippen LogP contribution in [0.25, 0.3) is 0 Å². The number of hydrogen-bond acceptors (Lipinski definition) is 4. The van der Waals surface area contributed by atoms with Crippen molar-refractivity contribution in [2.45, 2.75) is 32.7 Å². The molecule has 1 aliphatic rings. The van der Waals surface area contributed by atoms with Crippen molar-refractivity contribution in [2.24, 2.45) is 0 Å². The molecule has 3 rings (SSSR count). The third-order valence-corrected chi connectivity index (χ3v) is 5.27. The zero-order valence-electron chi connectivity index (χ0n) is 14.6. The highest BCUT2D eigenvalue weighted by atomic mass is 32.1. The summed E-state index contributed by atoms with van der Waals surface area (Å²) < 4.78 is 8.18. The van der Waals surface area contributed by atoms with Crippen LogP contribution in [0.15, 0.2) is 30.5 Å². The number of ether oxygens (including phenoxy) is 1. The summed E-state index contributed by atoms with van der Waals surface area (Å²) in [6.07, 6.45) is 2.11. The molecule has 3 heterocycles. The van der Waals surface area contributed by atoms with E-state index in [9.17, 15) is 4.79 Å². The summed E-state index contributed by atoms with van der Waals surface area (Å²) in [5.74, 6) is 0.00686. The number of nitrogens with zero attached hydrogens (tertiary/aromatic N) is 3. The highest BCUT2D eigenvalue weighted by Crippen LogP contribution is 2.21. The van der Waals surface area contributed by atoms with Crippen LogP contribution < -0.4 is 0 Å². The van der Waals surface area contributed by atoms with Gasteiger partial charge >= 0.3 is 0 Å². The Kier molecular flexibility index (Phi) is 5.38. The minimum absolute atomic E-state index is 0.00686. The number of hydrogen-bond donors (Lipinski definition) is 0. The van der Waals surface area contributed by atoms with Crippen molar-refractivity contribution in [1.82, 2.24) is 14.4 Å². The van der Waals surface area contributed by atoms with Gasteiger partial charge in [0.25, 0.3) is 0 Å². The van der Waals surface area contributed by atoms with E-state index in [2.05, 4.69) is 46.9 Å². The third kappa shape index (κ3) is 4.26. The van der Waals surface area contributed by atoms with Crippen LogP contribution in [0.5, 0.6) is 0 Å². The van der Waals surface area contributed by atoms with E-state index >= 15 is 0 Å². The lowest BCUT2D eigenvalue weighted by Crippen LogP contribution is -2.35. The molecule has 0 bridgehead atoms. The van der Waals surface area contributed by atoms with Gasteiger partial charge in [0.1, 0.15) is 6.61 Å². The van der Waals surface area contributed by atoms with Crippen molar-refractivity contribution in [3.05, 3.63) is 45.9 Å². The zero-order chi connectivity index (χ0) is 17.1. The monoisotopic (exact) mass is 347 g/mol. The molecular formula is C18H25N3O2S. The largest absolute Gasteiger partial charge is 0.365 e. The van der Waals surface area contributed by atoms with Crippen molar-refractivity contribution in [3.63, 3.8) is 0 Å². The number of fused-ring (bicyclic) bond motifs is 1. The van der Waals surface area contributed by atoms with Crippen molar-refractivity contribution < 1.29 is 9.53 Å². The molecule has 0 aliphatic carbocycles. The zero-order valence-corrected chi connectivity index (χ0v) is 15.4. The molecule has 1 atom stereocenters. The minimum Gasteiger partial charge on any atom is -0.365 e. The lowest BCUT2D eigenvalue weighted by molar-refractivity contribution is -0.136. The van der Waals surface area contributed by atoms with Crippen LogP contribution in [0, 0.1) is 6.92 Å². The highest BCUT2D eigenvalue weighted by Gasteiger charge is 2.23. The van der Waals surface area contributed by atoms with Gasteiger partial charge in [-0.1, -0.05) is 0 Å². The first-order valence-electron chi connectivity index (χ1n) is 8.24. The number of thiophene rings is 1. The number of rotatable bonds is 5. The summed E-state index contributed by atoms with van der Waals surface area (Å²) in [4.78, 5) is 18.5. The molecule has 2 aromatic heterocycles. The van der Waals surface area contributed by atoms with Crippen LogP contribution in [-0.4, -0.2) is 53.6 Å². The lowest BCUT2D eigenvalue weighted by Gasteiger charge is -2.24. The molecule has 1 amide bonds. The number of carbonyl (C=O) groups is 1. The molecule has 2 aromatic rings. The Morgan fingerprint density at radius 1 is 1.33 bits per heavy atom. The molecule has 0 fully saturated rings. The van der Waals surface area contributed by atoms with Gasteiger partial charge in [-0.25, -0.2) is 0 Å². The fraction of sp³-hybridized carbons (Fsp3) is 0.500. The van der Waals surface area contributed by atoms with Crippen LogP contribution in [0.4, 0.5) is 0 Å². The van der Waals surface area contributed by atoms with E-state index in [1.54, 1.807) is 19.0 Å². The van der Waals surface area contributed by atoms with E-state index < -0.39 is 0 Å². The second kappa shape index (κ2) is 7.51. The number of aryl methyl sites for hydroxylation is 1. The van der Waals surface area contributed by atoms with Crippen molar-refractivity contribution in [2.75, 3.05) is 27.2 Å². The fourth-order valence-corrected chi connectivity index (χ4v) is 3.90. The van der Waals surface area contributed by atoms with Crippen LogP contribution in [0.3, 0.4) is 0 Å². The standard InChI is InChI=1S/C18H25N3O2S/c1-14-6-7-17(24-14)12-20-9-15-5-4-8-21(15)11-16(10-20)23-13-18(22)19(2)3/h4-8,16H,9-13H2,1-3H3. The van der Waals surface area contributed by atoms with Crippen LogP contribution in [-0.2, 0) is 29.2 Å². The van der Waals surface area contributed by atoms with Gasteiger partial charge in [0, 0.05) is 61.9 Å². The average molecular weight is 347 g/mol. The van der Waals surface area contributed by atoms with E-state index in [0.717, 1.165) is 26.2 Å². The van der Waals surface area contributed by atoms with Gasteiger partial charge in [-0.2, -0.15) is 0 Å². The van der Waals surface area contributed by atoms with E-state index in [1.165, 1.54) is 15.4 Å². The molecule has 0 spiro atoms. The molecule has 0 N–H and O–H groups in total. The molecule has 0 radical (unpaired) electrons. The molecular weight excluding hydrogens is 322 g/mol. The second-order valence-electron chi connectivity index (χ2n) is 6.56. The average Bonchev–Trinajstić information content (AvgIpc) is 3.10. The summed E-state index contributed by atoms with van der Waals surface area (Å²) in [5, 5.41) is 0. The summed E-state index contributed by atoms with van der Waals surface area (Å²) in [6, 6.07) is 8.62. The van der Waals surface area contributed by atoms with Gasteiger partial charge in [0.05, 0.1) is 6.10 Å². The summed E-state index contributed by atoms with van der Waals surface area (Å²) in [7, 11) is 3.52. The lowest BCUT2D eigenvalue weighted by atomic mass is 10.3. The van der Waals surface area contributed by atoms with E-state index in [4.69, 9.17) is 4.74 Å². The summed E-state index contributed by atoms with van der Waals surface area (Å²) >= 11 is 1.84. The Labute approximate surface area is 147 Å². The fourth-order valence-electron chi connectivity index (χ4n) is 2.96. The topological polar surface area (TPSA) is 37.7 Å². The maximum atomic E-state index is 11.8. The van der Waals surface area contributed by atoms with Gasteiger partial charge < -0.3 is 14.2 Å². The first-order chi connectivity index (χ1) is 11.5. The van der Waals surface area contributed by atoms with Gasteiger partial charge in [-0.05, 0) is 31.2 Å². The van der Waals surface area contributed by atoms with Gasteiger partial charge in [0.15, 0.2) is 0 Å². The molecule has 6 heteroatoms. The SMILES string of the molecule is Cc1ccc(CN2Cc3cccn3CC(OCC(=O)N(C)C)C2)s1. The molecule has 0 aromatic carbocycles. The Morgan fingerprint density at radius 3 is 2.88 bits per heavy atom. The van der Waals surface area contributed by atoms with Crippen LogP contribution in [0.2, 0.25) is 0 Å². The van der Waals surface area contributed by atoms with E-state index in [1.807, 2.05) is 11.3 Å². The molecule has 0 saturated carbocycles. The molecule has 1 unspecified atom stereocenters. The summed E-state index contributed by atoms with van der Waals surface area (Å²) in [6.45, 7) is 5.74. The minimum atomic E-state index is 0.00686. The Balaban J connectivity index is 1.69. The molecule has 0 saturated heterocycles. The maximum Gasteiger partial charge on any atom is 0.248 e. The number of likely N-dealkylation sites (N-methyl/N-ethyl adjacent to an activating group) is 1. The smallest absolute Gasteiger partial charge is 0.248 e. The summed E-state index contributed by atoms with van der Waals surface area (Å²) in [5.41, 5.74) is 1.30. The predicted molar refractivity (Wildman–Crippen MR) is 96.0 cm³/mol. The third-order valence-electron chi connectivity index (χ3n) is 4.29. The first kappa shape index (κ1) is 17.2. The normalized spacial score (nSPS) is 18.2. The Hall–Kier alpha value is -1.63. The van der Waals surface area contributed by atoms with Gasteiger partial charge in [-0.15, -0.1) is 11.3 Å². The van der Waals surface area contributed by atoms with Crippen molar-refractivity contribution in [3.8, 4) is 0 Å². The Morgan fingerprint density at radius 2 is 2.17 bits per heavy atom. The molecule has 130 valence electrons. The van der Waals surface area contributed by atoms with Crippen LogP contribution >= 0.6 is 11.3 Å². The first-order valence-corrected chi connectivity index (χ1v) is 9.06. The quantitative estimate of drug-likeness (QED) is 0.833. The number of carbonyl (C=O) groups excluding carboxylic acids is 1. The highest BCUT2D eigenvalue weighted by molar-refractivity contribution is 7.11. The second-order valence-corrected chi connectivity index (χ2v) is 7.93. The molecule has 1 aliphatic heterocycles. The van der Waals surface area contributed by atoms with Crippen molar-refractivity contribution >= 4 is 17.2 Å². The molecule has 24 heavy (non-hydrogen) atoms. The number of aromatic nitrogens is 1. The predicted octanol–water partition coefficient (Wildman–Crippen LogP) is 2.35. The van der Waals surface area contributed by atoms with E-state index in [-0.39, 0.29) is 18.6 Å². The van der Waals surface area contributed by atoms with Crippen LogP contribution in [0.1, 0.15) is 15.4 Å². The van der Waals surface area contributed by atoms with E-state index in [0.29, 0.717) is 0 Å².